The van der Waals surface area contributed by atoms with E-state index in [2.05, 4.69) is 6.08 Å². The van der Waals surface area contributed by atoms with Gasteiger partial charge in [-0.05, 0) is 45.3 Å². The molecule has 0 aliphatic heterocycles. The van der Waals surface area contributed by atoms with E-state index in [0.717, 1.165) is 45.3 Å². The Hall–Kier alpha value is -0.380. The number of nitrogens with two attached hydrogens (primary N) is 3. The van der Waals surface area contributed by atoms with Crippen LogP contribution in [0.1, 0.15) is 25.7 Å². The predicted octanol–water partition coefficient (Wildman–Crippen LogP) is 0.349. The van der Waals surface area contributed by atoms with Crippen molar-refractivity contribution in [3.63, 3.8) is 0 Å². The summed E-state index contributed by atoms with van der Waals surface area (Å²) in [5, 5.41) is 0. The van der Waals surface area contributed by atoms with Crippen molar-refractivity contribution in [3.05, 3.63) is 11.6 Å². The summed E-state index contributed by atoms with van der Waals surface area (Å²) in [6.45, 7) is 2.20. The van der Waals surface area contributed by atoms with Crippen LogP contribution in [0.15, 0.2) is 11.6 Å². The van der Waals surface area contributed by atoms with Gasteiger partial charge in [-0.3, -0.25) is 0 Å². The number of hydrogen-bond donors (Lipinski definition) is 3. The summed E-state index contributed by atoms with van der Waals surface area (Å²) in [4.78, 5) is 0. The first-order valence-corrected chi connectivity index (χ1v) is 4.63. The highest BCUT2D eigenvalue weighted by Gasteiger charge is 1.94. The van der Waals surface area contributed by atoms with Crippen molar-refractivity contribution in [3.8, 4) is 0 Å². The van der Waals surface area contributed by atoms with Gasteiger partial charge in [0.25, 0.3) is 0 Å². The molecule has 0 aromatic rings. The molecular formula is C9H21N3. The lowest BCUT2D eigenvalue weighted by molar-refractivity contribution is 0.771. The van der Waals surface area contributed by atoms with Gasteiger partial charge in [0, 0.05) is 0 Å². The van der Waals surface area contributed by atoms with Crippen LogP contribution in [0.4, 0.5) is 0 Å². The van der Waals surface area contributed by atoms with Crippen LogP contribution in [0.5, 0.6) is 0 Å². The lowest BCUT2D eigenvalue weighted by Gasteiger charge is -2.04. The Morgan fingerprint density at radius 1 is 0.917 bits per heavy atom. The first-order valence-electron chi connectivity index (χ1n) is 4.63. The first-order chi connectivity index (χ1) is 5.85. The van der Waals surface area contributed by atoms with E-state index in [1.807, 2.05) is 0 Å². The van der Waals surface area contributed by atoms with Crippen molar-refractivity contribution in [1.82, 2.24) is 0 Å². The van der Waals surface area contributed by atoms with E-state index in [4.69, 9.17) is 17.2 Å². The first kappa shape index (κ1) is 11.6. The van der Waals surface area contributed by atoms with Gasteiger partial charge in [0.1, 0.15) is 0 Å². The largest absolute Gasteiger partial charge is 0.330 e. The maximum Gasteiger partial charge on any atom is -0.00399 e. The molecule has 0 atom stereocenters. The van der Waals surface area contributed by atoms with Crippen LogP contribution >= 0.6 is 0 Å². The molecule has 12 heavy (non-hydrogen) atoms. The second-order valence-electron chi connectivity index (χ2n) is 2.87. The van der Waals surface area contributed by atoms with Crippen molar-refractivity contribution in [2.24, 2.45) is 17.2 Å². The normalized spacial score (nSPS) is 12.1. The topological polar surface area (TPSA) is 78.1 Å². The molecule has 0 unspecified atom stereocenters. The Morgan fingerprint density at radius 2 is 1.67 bits per heavy atom. The molecule has 0 heterocycles. The second-order valence-corrected chi connectivity index (χ2v) is 2.87. The third-order valence-electron chi connectivity index (χ3n) is 1.77. The van der Waals surface area contributed by atoms with E-state index in [0.29, 0.717) is 0 Å². The average Bonchev–Trinajstić information content (AvgIpc) is 2.10. The second kappa shape index (κ2) is 8.71. The highest BCUT2D eigenvalue weighted by Crippen LogP contribution is 2.08. The summed E-state index contributed by atoms with van der Waals surface area (Å²) < 4.78 is 0. The third-order valence-corrected chi connectivity index (χ3v) is 1.77. The van der Waals surface area contributed by atoms with E-state index in [-0.39, 0.29) is 0 Å². The summed E-state index contributed by atoms with van der Waals surface area (Å²) in [6.07, 6.45) is 6.27. The van der Waals surface area contributed by atoms with Crippen molar-refractivity contribution >= 4 is 0 Å². The van der Waals surface area contributed by atoms with Gasteiger partial charge in [0.2, 0.25) is 0 Å². The Morgan fingerprint density at radius 3 is 2.17 bits per heavy atom. The summed E-state index contributed by atoms with van der Waals surface area (Å²) in [5.41, 5.74) is 17.7. The fourth-order valence-electron chi connectivity index (χ4n) is 1.13. The molecule has 3 heteroatoms. The zero-order valence-electron chi connectivity index (χ0n) is 7.76. The lowest BCUT2D eigenvalue weighted by Crippen LogP contribution is -2.04. The molecule has 0 aliphatic carbocycles. The molecule has 3 nitrogen and oxygen atoms in total. The molecule has 0 aliphatic rings. The van der Waals surface area contributed by atoms with E-state index in [9.17, 15) is 0 Å². The van der Waals surface area contributed by atoms with E-state index in [1.165, 1.54) is 5.57 Å². The molecule has 0 amide bonds. The van der Waals surface area contributed by atoms with Gasteiger partial charge in [0.05, 0.1) is 0 Å². The molecule has 0 saturated heterocycles. The zero-order valence-corrected chi connectivity index (χ0v) is 7.76. The highest BCUT2D eigenvalue weighted by atomic mass is 14.5. The van der Waals surface area contributed by atoms with Crippen molar-refractivity contribution < 1.29 is 0 Å². The van der Waals surface area contributed by atoms with E-state index < -0.39 is 0 Å². The summed E-state index contributed by atoms with van der Waals surface area (Å²) in [6, 6.07) is 0. The average molecular weight is 171 g/mol. The van der Waals surface area contributed by atoms with Gasteiger partial charge in [-0.1, -0.05) is 11.6 Å². The molecule has 0 radical (unpaired) electrons. The molecule has 0 aromatic carbocycles. The highest BCUT2D eigenvalue weighted by molar-refractivity contribution is 5.02. The lowest BCUT2D eigenvalue weighted by atomic mass is 10.1. The predicted molar refractivity (Wildman–Crippen MR) is 53.7 cm³/mol. The monoisotopic (exact) mass is 171 g/mol. The Bertz CT molecular complexity index is 121. The third kappa shape index (κ3) is 6.34. The van der Waals surface area contributed by atoms with Gasteiger partial charge >= 0.3 is 0 Å². The van der Waals surface area contributed by atoms with Crippen molar-refractivity contribution in [2.45, 2.75) is 25.7 Å². The van der Waals surface area contributed by atoms with Crippen molar-refractivity contribution in [2.75, 3.05) is 19.6 Å². The van der Waals surface area contributed by atoms with Gasteiger partial charge in [-0.2, -0.15) is 0 Å². The fourth-order valence-corrected chi connectivity index (χ4v) is 1.13. The number of hydrogen-bond acceptors (Lipinski definition) is 3. The van der Waals surface area contributed by atoms with E-state index in [1.54, 1.807) is 0 Å². The van der Waals surface area contributed by atoms with Gasteiger partial charge < -0.3 is 17.2 Å². The van der Waals surface area contributed by atoms with Crippen LogP contribution in [-0.2, 0) is 0 Å². The zero-order chi connectivity index (χ0) is 9.23. The van der Waals surface area contributed by atoms with Crippen LogP contribution in [0.25, 0.3) is 0 Å². The van der Waals surface area contributed by atoms with Crippen LogP contribution in [0.3, 0.4) is 0 Å². The molecule has 0 spiro atoms. The van der Waals surface area contributed by atoms with Crippen LogP contribution in [-0.4, -0.2) is 19.6 Å². The maximum atomic E-state index is 5.47. The summed E-state index contributed by atoms with van der Waals surface area (Å²) in [7, 11) is 0. The van der Waals surface area contributed by atoms with Crippen LogP contribution in [0.2, 0.25) is 0 Å². The maximum absolute atomic E-state index is 5.47. The Kier molecular flexibility index (Phi) is 8.44. The minimum atomic E-state index is 0.719. The quantitative estimate of drug-likeness (QED) is 0.484. The standard InChI is InChI=1S/C9H21N3/c10-6-1-3-9(5-8-12)4-2-7-11/h3H,1-2,4-8,10-12H2. The SMILES string of the molecule is NCCC=C(CCN)CCCN. The van der Waals surface area contributed by atoms with E-state index >= 15 is 0 Å². The molecule has 72 valence electrons. The Balaban J connectivity index is 3.68. The van der Waals surface area contributed by atoms with Gasteiger partial charge in [0.15, 0.2) is 0 Å². The van der Waals surface area contributed by atoms with Gasteiger partial charge in [-0.25, -0.2) is 0 Å². The molecular weight excluding hydrogens is 150 g/mol. The summed E-state index contributed by atoms with van der Waals surface area (Å²) in [5.74, 6) is 0. The fraction of sp³-hybridized carbons (Fsp3) is 0.778. The van der Waals surface area contributed by atoms with Gasteiger partial charge in [-0.15, -0.1) is 0 Å². The summed E-state index contributed by atoms with van der Waals surface area (Å²) >= 11 is 0. The molecule has 6 N–H and O–H groups in total. The molecule has 0 rings (SSSR count). The minimum absolute atomic E-state index is 0.719. The molecule has 0 bridgehead atoms. The Labute approximate surface area is 75.0 Å². The number of rotatable bonds is 7. The van der Waals surface area contributed by atoms with Crippen molar-refractivity contribution in [1.29, 1.82) is 0 Å². The molecule has 0 fully saturated rings. The minimum Gasteiger partial charge on any atom is -0.330 e. The molecule has 0 saturated carbocycles. The van der Waals surface area contributed by atoms with Crippen LogP contribution < -0.4 is 17.2 Å². The smallest absolute Gasteiger partial charge is 0.00399 e. The molecule has 0 aromatic heterocycles. The van der Waals surface area contributed by atoms with Crippen LogP contribution in [0, 0.1) is 0 Å².